The zero-order chi connectivity index (χ0) is 22.5. The normalized spacial score (nSPS) is 17.8. The highest BCUT2D eigenvalue weighted by molar-refractivity contribution is 6.02. The number of pyridine rings is 1. The van der Waals surface area contributed by atoms with E-state index < -0.39 is 0 Å². The molecule has 0 aliphatic heterocycles. The molecule has 6 rings (SSSR count). The van der Waals surface area contributed by atoms with Crippen molar-refractivity contribution in [1.29, 1.82) is 0 Å². The number of rotatable bonds is 4. The van der Waals surface area contributed by atoms with Crippen LogP contribution in [0.2, 0.25) is 0 Å². The number of carbonyl (C=O) groups is 1. The molecule has 4 N–H and O–H groups in total. The topological polar surface area (TPSA) is 113 Å². The molecule has 0 unspecified atom stereocenters. The van der Waals surface area contributed by atoms with Gasteiger partial charge < -0.3 is 16.0 Å². The molecule has 1 saturated carbocycles. The standard InChI is InChI=1S/C26H22N6O/c27-24-23-20(13-32(26(23)30-14-29-24)19-10-18(11-19)25(28)33)17-7-6-16-8-9-21(31-22(16)12-17)15-4-2-1-3-5-15/h1-9,12-14,18-19H,10-11H2,(H2,28,33)(H2,27,29,30). The van der Waals surface area contributed by atoms with E-state index >= 15 is 0 Å². The molecule has 33 heavy (non-hydrogen) atoms. The quantitative estimate of drug-likeness (QED) is 0.437. The largest absolute Gasteiger partial charge is 0.383 e. The molecule has 1 aliphatic carbocycles. The van der Waals surface area contributed by atoms with Gasteiger partial charge in [-0.05, 0) is 30.5 Å². The van der Waals surface area contributed by atoms with Crippen molar-refractivity contribution in [3.63, 3.8) is 0 Å². The molecule has 1 amide bonds. The highest BCUT2D eigenvalue weighted by Crippen LogP contribution is 2.43. The lowest BCUT2D eigenvalue weighted by Gasteiger charge is -2.34. The second-order valence-electron chi connectivity index (χ2n) is 8.60. The van der Waals surface area contributed by atoms with Crippen molar-refractivity contribution < 1.29 is 4.79 Å². The molecule has 1 aliphatic rings. The number of benzene rings is 2. The number of nitrogens with two attached hydrogens (primary N) is 2. The number of anilines is 1. The number of hydrogen-bond acceptors (Lipinski definition) is 5. The van der Waals surface area contributed by atoms with Crippen molar-refractivity contribution in [3.05, 3.63) is 73.2 Å². The van der Waals surface area contributed by atoms with Crippen LogP contribution in [0.25, 0.3) is 44.3 Å². The Morgan fingerprint density at radius 1 is 0.970 bits per heavy atom. The summed E-state index contributed by atoms with van der Waals surface area (Å²) < 4.78 is 2.11. The van der Waals surface area contributed by atoms with Gasteiger partial charge in [-0.15, -0.1) is 0 Å². The number of amides is 1. The highest BCUT2D eigenvalue weighted by Gasteiger charge is 2.35. The number of nitrogens with zero attached hydrogens (tertiary/aromatic N) is 4. The molecule has 1 fully saturated rings. The molecule has 5 aromatic rings. The lowest BCUT2D eigenvalue weighted by Crippen LogP contribution is -2.36. The maximum absolute atomic E-state index is 11.5. The number of carbonyl (C=O) groups excluding carboxylic acids is 1. The van der Waals surface area contributed by atoms with Gasteiger partial charge >= 0.3 is 0 Å². The molecule has 162 valence electrons. The lowest BCUT2D eigenvalue weighted by atomic mass is 9.79. The first-order valence-electron chi connectivity index (χ1n) is 11.0. The Morgan fingerprint density at radius 3 is 2.55 bits per heavy atom. The van der Waals surface area contributed by atoms with E-state index in [1.165, 1.54) is 6.33 Å². The van der Waals surface area contributed by atoms with Crippen molar-refractivity contribution in [3.8, 4) is 22.4 Å². The van der Waals surface area contributed by atoms with Crippen molar-refractivity contribution in [2.45, 2.75) is 18.9 Å². The number of fused-ring (bicyclic) bond motifs is 2. The summed E-state index contributed by atoms with van der Waals surface area (Å²) in [5.74, 6) is 0.105. The van der Waals surface area contributed by atoms with Crippen molar-refractivity contribution in [2.24, 2.45) is 11.7 Å². The second-order valence-corrected chi connectivity index (χ2v) is 8.60. The molecule has 0 radical (unpaired) electrons. The molecule has 0 saturated heterocycles. The van der Waals surface area contributed by atoms with Crippen LogP contribution in [-0.2, 0) is 4.79 Å². The second kappa shape index (κ2) is 7.41. The van der Waals surface area contributed by atoms with Crippen LogP contribution in [-0.4, -0.2) is 25.4 Å². The summed E-state index contributed by atoms with van der Waals surface area (Å²) in [5, 5.41) is 1.88. The zero-order valence-corrected chi connectivity index (χ0v) is 17.8. The van der Waals surface area contributed by atoms with Crippen LogP contribution >= 0.6 is 0 Å². The Kier molecular flexibility index (Phi) is 4.36. The summed E-state index contributed by atoms with van der Waals surface area (Å²) in [7, 11) is 0. The average molecular weight is 435 g/mol. The number of primary amides is 1. The van der Waals surface area contributed by atoms with Crippen molar-refractivity contribution in [2.75, 3.05) is 5.73 Å². The van der Waals surface area contributed by atoms with E-state index in [9.17, 15) is 4.79 Å². The van der Waals surface area contributed by atoms with Crippen molar-refractivity contribution >= 4 is 33.7 Å². The zero-order valence-electron chi connectivity index (χ0n) is 17.8. The molecule has 0 atom stereocenters. The van der Waals surface area contributed by atoms with Crippen molar-refractivity contribution in [1.82, 2.24) is 19.5 Å². The minimum atomic E-state index is -0.244. The van der Waals surface area contributed by atoms with Crippen LogP contribution in [0, 0.1) is 5.92 Å². The fraction of sp³-hybridized carbons (Fsp3) is 0.154. The van der Waals surface area contributed by atoms with Crippen LogP contribution in [0.1, 0.15) is 18.9 Å². The van der Waals surface area contributed by atoms with E-state index in [1.54, 1.807) is 0 Å². The van der Waals surface area contributed by atoms with E-state index in [2.05, 4.69) is 57.1 Å². The number of nitrogen functional groups attached to an aromatic ring is 1. The van der Waals surface area contributed by atoms with Gasteiger partial charge in [0.2, 0.25) is 5.91 Å². The summed E-state index contributed by atoms with van der Waals surface area (Å²) in [6.07, 6.45) is 4.97. The molecule has 2 aromatic carbocycles. The first-order chi connectivity index (χ1) is 16.1. The Morgan fingerprint density at radius 2 is 1.76 bits per heavy atom. The molecular weight excluding hydrogens is 412 g/mol. The van der Waals surface area contributed by atoms with Gasteiger partial charge in [0.05, 0.1) is 16.6 Å². The minimum absolute atomic E-state index is 0.0867. The SMILES string of the molecule is NC(=O)C1CC(n2cc(-c3ccc4ccc(-c5ccccc5)nc4c3)c3c(N)ncnc32)C1. The van der Waals surface area contributed by atoms with Crippen LogP contribution in [0.4, 0.5) is 5.82 Å². The lowest BCUT2D eigenvalue weighted by molar-refractivity contribution is -0.125. The van der Waals surface area contributed by atoms with E-state index in [4.69, 9.17) is 16.5 Å². The Labute approximate surface area is 190 Å². The minimum Gasteiger partial charge on any atom is -0.383 e. The van der Waals surface area contributed by atoms with Crippen LogP contribution in [0.15, 0.2) is 73.2 Å². The van der Waals surface area contributed by atoms with Gasteiger partial charge in [0.1, 0.15) is 17.8 Å². The molecule has 3 aromatic heterocycles. The third-order valence-electron chi connectivity index (χ3n) is 6.62. The molecule has 3 heterocycles. The molecule has 7 nitrogen and oxygen atoms in total. The molecule has 7 heteroatoms. The monoisotopic (exact) mass is 434 g/mol. The average Bonchev–Trinajstić information content (AvgIpc) is 3.18. The Hall–Kier alpha value is -4.26. The predicted molar refractivity (Wildman–Crippen MR) is 129 cm³/mol. The number of hydrogen-bond donors (Lipinski definition) is 2. The highest BCUT2D eigenvalue weighted by atomic mass is 16.1. The van der Waals surface area contributed by atoms with Gasteiger partial charge in [-0.1, -0.05) is 48.5 Å². The summed E-state index contributed by atoms with van der Waals surface area (Å²) in [5.41, 5.74) is 17.4. The van der Waals surface area contributed by atoms with Crippen LogP contribution in [0.3, 0.4) is 0 Å². The third-order valence-corrected chi connectivity index (χ3v) is 6.62. The van der Waals surface area contributed by atoms with E-state index in [-0.39, 0.29) is 17.9 Å². The first-order valence-corrected chi connectivity index (χ1v) is 11.0. The fourth-order valence-electron chi connectivity index (χ4n) is 4.71. The van der Waals surface area contributed by atoms with Crippen LogP contribution < -0.4 is 11.5 Å². The van der Waals surface area contributed by atoms with E-state index in [0.717, 1.165) is 44.3 Å². The molecule has 0 spiro atoms. The smallest absolute Gasteiger partial charge is 0.220 e. The van der Waals surface area contributed by atoms with Gasteiger partial charge in [0.25, 0.3) is 0 Å². The number of aromatic nitrogens is 4. The maximum Gasteiger partial charge on any atom is 0.220 e. The van der Waals surface area contributed by atoms with Gasteiger partial charge in [-0.25, -0.2) is 15.0 Å². The summed E-state index contributed by atoms with van der Waals surface area (Å²) >= 11 is 0. The van der Waals surface area contributed by atoms with E-state index in [0.29, 0.717) is 18.7 Å². The Balaban J connectivity index is 1.47. The first kappa shape index (κ1) is 19.4. The summed E-state index contributed by atoms with van der Waals surface area (Å²) in [6.45, 7) is 0. The summed E-state index contributed by atoms with van der Waals surface area (Å²) in [6, 6.07) is 20.7. The van der Waals surface area contributed by atoms with Gasteiger partial charge in [-0.3, -0.25) is 4.79 Å². The summed E-state index contributed by atoms with van der Waals surface area (Å²) in [4.78, 5) is 25.2. The van der Waals surface area contributed by atoms with Crippen LogP contribution in [0.5, 0.6) is 0 Å². The molecular formula is C26H22N6O. The maximum atomic E-state index is 11.5. The van der Waals surface area contributed by atoms with Gasteiger partial charge in [-0.2, -0.15) is 0 Å². The third kappa shape index (κ3) is 3.20. The molecule has 0 bridgehead atoms. The van der Waals surface area contributed by atoms with Gasteiger partial charge in [0.15, 0.2) is 0 Å². The van der Waals surface area contributed by atoms with E-state index in [1.807, 2.05) is 24.3 Å². The van der Waals surface area contributed by atoms with Gasteiger partial charge in [0, 0.05) is 34.7 Å². The fourth-order valence-corrected chi connectivity index (χ4v) is 4.71. The Bertz CT molecular complexity index is 1520. The predicted octanol–water partition coefficient (Wildman–Crippen LogP) is 4.33.